The minimum absolute atomic E-state index is 0.0846. The largest absolute Gasteiger partial charge is 0.497 e. The smallest absolute Gasteiger partial charge is 0.264 e. The van der Waals surface area contributed by atoms with Gasteiger partial charge in [-0.1, -0.05) is 12.1 Å². The number of rotatable bonds is 6. The van der Waals surface area contributed by atoms with E-state index in [2.05, 4.69) is 20.2 Å². The van der Waals surface area contributed by atoms with Gasteiger partial charge in [-0.25, -0.2) is 9.97 Å². The number of aromatic nitrogens is 2. The van der Waals surface area contributed by atoms with Gasteiger partial charge in [-0.15, -0.1) is 11.3 Å². The van der Waals surface area contributed by atoms with E-state index in [1.54, 1.807) is 13.4 Å². The Morgan fingerprint density at radius 2 is 2.06 bits per heavy atom. The fourth-order valence-corrected chi connectivity index (χ4v) is 6.39. The number of hydrogen-bond acceptors (Lipinski definition) is 8. The Labute approximate surface area is 209 Å². The van der Waals surface area contributed by atoms with Crippen LogP contribution in [0, 0.1) is 6.92 Å². The van der Waals surface area contributed by atoms with Gasteiger partial charge < -0.3 is 20.1 Å². The molecule has 1 atom stereocenters. The van der Waals surface area contributed by atoms with Crippen LogP contribution in [0.1, 0.15) is 46.5 Å². The lowest BCUT2D eigenvalue weighted by Gasteiger charge is -2.41. The SMILES string of the molecule is COc1cccc(CNc2ncnc3sc(C(=O)N4CCC(N5CCCC(O)C5)CC4)c(C)c23)c1. The Morgan fingerprint density at radius 3 is 2.83 bits per heavy atom. The topological polar surface area (TPSA) is 90.8 Å². The molecular weight excluding hydrogens is 462 g/mol. The molecule has 35 heavy (non-hydrogen) atoms. The van der Waals surface area contributed by atoms with Gasteiger partial charge in [0.25, 0.3) is 5.91 Å². The van der Waals surface area contributed by atoms with Crippen molar-refractivity contribution in [3.63, 3.8) is 0 Å². The van der Waals surface area contributed by atoms with E-state index in [0.717, 1.165) is 89.7 Å². The average Bonchev–Trinajstić information content (AvgIpc) is 3.24. The molecule has 0 saturated carbocycles. The van der Waals surface area contributed by atoms with Gasteiger partial charge in [0.2, 0.25) is 0 Å². The maximum Gasteiger partial charge on any atom is 0.264 e. The molecule has 5 rings (SSSR count). The third kappa shape index (κ3) is 5.12. The Hall–Kier alpha value is -2.75. The molecule has 0 aliphatic carbocycles. The lowest BCUT2D eigenvalue weighted by molar-refractivity contribution is 0.0241. The summed E-state index contributed by atoms with van der Waals surface area (Å²) in [4.78, 5) is 28.4. The predicted molar refractivity (Wildman–Crippen MR) is 138 cm³/mol. The standard InChI is InChI=1S/C26H33N5O3S/c1-17-22-24(27-14-18-5-3-7-21(13-18)34-2)28-16-29-25(22)35-23(17)26(33)30-11-8-19(9-12-30)31-10-4-6-20(32)15-31/h3,5,7,13,16,19-20,32H,4,6,8-12,14-15H2,1-2H3,(H,27,28,29). The van der Waals surface area contributed by atoms with Crippen LogP contribution in [0.25, 0.3) is 10.2 Å². The van der Waals surface area contributed by atoms with E-state index in [1.165, 1.54) is 11.3 Å². The number of methoxy groups -OCH3 is 1. The summed E-state index contributed by atoms with van der Waals surface area (Å²) in [6.07, 6.45) is 5.20. The molecule has 0 bridgehead atoms. The number of carbonyl (C=O) groups is 1. The van der Waals surface area contributed by atoms with Crippen LogP contribution in [-0.4, -0.2) is 76.2 Å². The number of aliphatic hydroxyl groups excluding tert-OH is 1. The van der Waals surface area contributed by atoms with Crippen LogP contribution in [0.2, 0.25) is 0 Å². The number of hydrogen-bond donors (Lipinski definition) is 2. The summed E-state index contributed by atoms with van der Waals surface area (Å²) in [6, 6.07) is 8.38. The maximum atomic E-state index is 13.5. The van der Waals surface area contributed by atoms with E-state index in [9.17, 15) is 9.90 Å². The number of nitrogens with zero attached hydrogens (tertiary/aromatic N) is 4. The second kappa shape index (κ2) is 10.5. The van der Waals surface area contributed by atoms with Crippen LogP contribution < -0.4 is 10.1 Å². The van der Waals surface area contributed by atoms with E-state index < -0.39 is 0 Å². The number of aryl methyl sites for hydroxylation is 1. The molecule has 2 fully saturated rings. The quantitative estimate of drug-likeness (QED) is 0.539. The lowest BCUT2D eigenvalue weighted by Crippen LogP contribution is -2.50. The van der Waals surface area contributed by atoms with E-state index in [-0.39, 0.29) is 12.0 Å². The molecule has 1 unspecified atom stereocenters. The Kier molecular flexibility index (Phi) is 7.17. The Bertz CT molecular complexity index is 1190. The molecule has 2 aromatic heterocycles. The maximum absolute atomic E-state index is 13.5. The van der Waals surface area contributed by atoms with Crippen molar-refractivity contribution < 1.29 is 14.6 Å². The third-order valence-electron chi connectivity index (χ3n) is 7.21. The van der Waals surface area contributed by atoms with Gasteiger partial charge in [0, 0.05) is 32.2 Å². The van der Waals surface area contributed by atoms with Gasteiger partial charge in [-0.2, -0.15) is 0 Å². The van der Waals surface area contributed by atoms with Crippen molar-refractivity contribution in [2.45, 2.75) is 51.3 Å². The number of β-amino-alcohol motifs (C(OH)–C–C–N with tert-alkyl or cyclic N) is 1. The summed E-state index contributed by atoms with van der Waals surface area (Å²) in [7, 11) is 1.66. The number of amides is 1. The molecule has 1 aromatic carbocycles. The van der Waals surface area contributed by atoms with Crippen molar-refractivity contribution in [3.05, 3.63) is 46.6 Å². The third-order valence-corrected chi connectivity index (χ3v) is 8.40. The molecule has 3 aromatic rings. The number of ether oxygens (including phenoxy) is 1. The molecule has 2 N–H and O–H groups in total. The number of thiophene rings is 1. The molecule has 0 radical (unpaired) electrons. The number of likely N-dealkylation sites (tertiary alicyclic amines) is 2. The number of nitrogens with one attached hydrogen (secondary N) is 1. The van der Waals surface area contributed by atoms with Gasteiger partial charge in [-0.3, -0.25) is 9.69 Å². The van der Waals surface area contributed by atoms with Crippen LogP contribution in [0.15, 0.2) is 30.6 Å². The van der Waals surface area contributed by atoms with Crippen molar-refractivity contribution in [3.8, 4) is 5.75 Å². The van der Waals surface area contributed by atoms with Gasteiger partial charge in [0.15, 0.2) is 0 Å². The van der Waals surface area contributed by atoms with E-state index in [0.29, 0.717) is 12.6 Å². The second-order valence-corrected chi connectivity index (χ2v) is 10.5. The van der Waals surface area contributed by atoms with Gasteiger partial charge in [0.1, 0.15) is 22.7 Å². The number of anilines is 1. The lowest BCUT2D eigenvalue weighted by atomic mass is 9.98. The summed E-state index contributed by atoms with van der Waals surface area (Å²) in [5, 5.41) is 14.4. The summed E-state index contributed by atoms with van der Waals surface area (Å²) in [6.45, 7) is 5.90. The Balaban J connectivity index is 1.28. The van der Waals surface area contributed by atoms with Crippen LogP contribution >= 0.6 is 11.3 Å². The normalized spacial score (nSPS) is 19.7. The predicted octanol–water partition coefficient (Wildman–Crippen LogP) is 3.68. The number of benzene rings is 1. The minimum atomic E-state index is -0.211. The molecule has 2 aliphatic rings. The van der Waals surface area contributed by atoms with Crippen LogP contribution in [0.4, 0.5) is 5.82 Å². The summed E-state index contributed by atoms with van der Waals surface area (Å²) < 4.78 is 5.32. The summed E-state index contributed by atoms with van der Waals surface area (Å²) in [5.41, 5.74) is 2.02. The van der Waals surface area contributed by atoms with Crippen molar-refractivity contribution in [2.24, 2.45) is 0 Å². The van der Waals surface area contributed by atoms with E-state index in [1.807, 2.05) is 36.1 Å². The summed E-state index contributed by atoms with van der Waals surface area (Å²) >= 11 is 1.45. The number of fused-ring (bicyclic) bond motifs is 1. The van der Waals surface area contributed by atoms with Crippen molar-refractivity contribution in [1.29, 1.82) is 0 Å². The molecule has 2 saturated heterocycles. The molecule has 4 heterocycles. The number of carbonyl (C=O) groups excluding carboxylic acids is 1. The van der Waals surface area contributed by atoms with Crippen LogP contribution in [0.5, 0.6) is 5.75 Å². The zero-order chi connectivity index (χ0) is 24.4. The molecule has 186 valence electrons. The second-order valence-electron chi connectivity index (χ2n) is 9.48. The monoisotopic (exact) mass is 495 g/mol. The zero-order valence-electron chi connectivity index (χ0n) is 20.4. The van der Waals surface area contributed by atoms with Gasteiger partial charge >= 0.3 is 0 Å². The molecule has 1 amide bonds. The van der Waals surface area contributed by atoms with Crippen LogP contribution in [0.3, 0.4) is 0 Å². The highest BCUT2D eigenvalue weighted by molar-refractivity contribution is 7.20. The van der Waals surface area contributed by atoms with Crippen molar-refractivity contribution >= 4 is 33.3 Å². The molecule has 9 heteroatoms. The van der Waals surface area contributed by atoms with Gasteiger partial charge in [-0.05, 0) is 62.4 Å². The highest BCUT2D eigenvalue weighted by Gasteiger charge is 2.31. The first kappa shape index (κ1) is 24.0. The Morgan fingerprint density at radius 1 is 1.23 bits per heavy atom. The van der Waals surface area contributed by atoms with Crippen molar-refractivity contribution in [1.82, 2.24) is 19.8 Å². The van der Waals surface area contributed by atoms with E-state index >= 15 is 0 Å². The molecular formula is C26H33N5O3S. The minimum Gasteiger partial charge on any atom is -0.497 e. The molecule has 2 aliphatic heterocycles. The van der Waals surface area contributed by atoms with Gasteiger partial charge in [0.05, 0.1) is 23.5 Å². The average molecular weight is 496 g/mol. The molecule has 0 spiro atoms. The first-order valence-corrected chi connectivity index (χ1v) is 13.2. The molecule has 8 nitrogen and oxygen atoms in total. The van der Waals surface area contributed by atoms with Crippen LogP contribution in [-0.2, 0) is 6.54 Å². The highest BCUT2D eigenvalue weighted by atomic mass is 32.1. The fraction of sp³-hybridized carbons (Fsp3) is 0.500. The number of aliphatic hydroxyl groups is 1. The first-order chi connectivity index (χ1) is 17.0. The summed E-state index contributed by atoms with van der Waals surface area (Å²) in [5.74, 6) is 1.64. The first-order valence-electron chi connectivity index (χ1n) is 12.4. The number of piperidine rings is 2. The zero-order valence-corrected chi connectivity index (χ0v) is 21.2. The van der Waals surface area contributed by atoms with Crippen molar-refractivity contribution in [2.75, 3.05) is 38.6 Å². The fourth-order valence-electron chi connectivity index (χ4n) is 5.27. The van der Waals surface area contributed by atoms with E-state index in [4.69, 9.17) is 4.74 Å². The highest BCUT2D eigenvalue weighted by Crippen LogP contribution is 2.35.